The van der Waals surface area contributed by atoms with Crippen LogP contribution in [0.25, 0.3) is 0 Å². The summed E-state index contributed by atoms with van der Waals surface area (Å²) in [6.07, 6.45) is 0.786. The Kier molecular flexibility index (Phi) is 6.63. The number of carbonyl (C=O) groups excluding carboxylic acids is 1. The van der Waals surface area contributed by atoms with Crippen molar-refractivity contribution in [3.63, 3.8) is 0 Å². The van der Waals surface area contributed by atoms with Crippen LogP contribution in [0.5, 0.6) is 0 Å². The predicted molar refractivity (Wildman–Crippen MR) is 95.7 cm³/mol. The molecule has 0 saturated carbocycles. The van der Waals surface area contributed by atoms with Gasteiger partial charge in [0.15, 0.2) is 0 Å². The molecule has 1 N–H and O–H groups in total. The Balaban J connectivity index is 1.73. The largest absolute Gasteiger partial charge is 0.355 e. The second-order valence-corrected chi connectivity index (χ2v) is 6.27. The molecule has 0 radical (unpaired) electrons. The molecule has 0 spiro atoms. The zero-order valence-electron chi connectivity index (χ0n) is 13.7. The van der Waals surface area contributed by atoms with Crippen molar-refractivity contribution in [2.24, 2.45) is 0 Å². The lowest BCUT2D eigenvalue weighted by Crippen LogP contribution is -2.35. The summed E-state index contributed by atoms with van der Waals surface area (Å²) >= 11 is 5.95. The van der Waals surface area contributed by atoms with Crippen LogP contribution in [0.4, 0.5) is 0 Å². The molecule has 0 atom stereocenters. The van der Waals surface area contributed by atoms with Crippen LogP contribution in [0.1, 0.15) is 16.7 Å². The summed E-state index contributed by atoms with van der Waals surface area (Å²) < 4.78 is 0. The van der Waals surface area contributed by atoms with Gasteiger partial charge in [-0.15, -0.1) is 0 Å². The standard InChI is InChI=1S/C19H23ClN2O/c1-15-6-3-4-8-17(15)13-22(2)14-19(23)21-11-10-16-7-5-9-18(20)12-16/h3-9,12H,10-11,13-14H2,1-2H3,(H,21,23). The minimum atomic E-state index is 0.0445. The fourth-order valence-electron chi connectivity index (χ4n) is 2.47. The second-order valence-electron chi connectivity index (χ2n) is 5.83. The SMILES string of the molecule is Cc1ccccc1CN(C)CC(=O)NCCc1cccc(Cl)c1. The van der Waals surface area contributed by atoms with Crippen LogP contribution in [0.15, 0.2) is 48.5 Å². The van der Waals surface area contributed by atoms with Gasteiger partial charge < -0.3 is 5.32 Å². The van der Waals surface area contributed by atoms with Crippen LogP contribution in [0.3, 0.4) is 0 Å². The van der Waals surface area contributed by atoms with Gasteiger partial charge in [-0.05, 0) is 49.2 Å². The number of aryl methyl sites for hydroxylation is 1. The minimum Gasteiger partial charge on any atom is -0.355 e. The van der Waals surface area contributed by atoms with Gasteiger partial charge in [0, 0.05) is 18.1 Å². The molecular weight excluding hydrogens is 308 g/mol. The normalized spacial score (nSPS) is 10.8. The van der Waals surface area contributed by atoms with Gasteiger partial charge in [-0.3, -0.25) is 9.69 Å². The Morgan fingerprint density at radius 3 is 2.70 bits per heavy atom. The van der Waals surface area contributed by atoms with E-state index in [1.807, 2.05) is 48.3 Å². The monoisotopic (exact) mass is 330 g/mol. The first-order valence-corrected chi connectivity index (χ1v) is 8.16. The van der Waals surface area contributed by atoms with Crippen LogP contribution in [0, 0.1) is 6.92 Å². The van der Waals surface area contributed by atoms with E-state index in [1.54, 1.807) is 0 Å². The van der Waals surface area contributed by atoms with E-state index in [1.165, 1.54) is 11.1 Å². The molecule has 1 amide bonds. The third-order valence-electron chi connectivity index (χ3n) is 3.74. The van der Waals surface area contributed by atoms with Gasteiger partial charge in [-0.2, -0.15) is 0 Å². The third-order valence-corrected chi connectivity index (χ3v) is 3.98. The van der Waals surface area contributed by atoms with E-state index in [-0.39, 0.29) is 5.91 Å². The van der Waals surface area contributed by atoms with E-state index >= 15 is 0 Å². The molecule has 23 heavy (non-hydrogen) atoms. The topological polar surface area (TPSA) is 32.3 Å². The molecule has 0 heterocycles. The van der Waals surface area contributed by atoms with E-state index in [4.69, 9.17) is 11.6 Å². The number of nitrogens with one attached hydrogen (secondary N) is 1. The number of nitrogens with zero attached hydrogens (tertiary/aromatic N) is 1. The van der Waals surface area contributed by atoms with Gasteiger partial charge in [-0.1, -0.05) is 48.0 Å². The maximum absolute atomic E-state index is 12.0. The summed E-state index contributed by atoms with van der Waals surface area (Å²) in [6.45, 7) is 3.88. The summed E-state index contributed by atoms with van der Waals surface area (Å²) in [4.78, 5) is 14.0. The Hall–Kier alpha value is -1.84. The Labute approximate surface area is 143 Å². The van der Waals surface area contributed by atoms with Gasteiger partial charge in [0.1, 0.15) is 0 Å². The summed E-state index contributed by atoms with van der Waals surface area (Å²) in [7, 11) is 1.96. The van der Waals surface area contributed by atoms with Crippen molar-refractivity contribution in [3.8, 4) is 0 Å². The van der Waals surface area contributed by atoms with Gasteiger partial charge in [0.25, 0.3) is 0 Å². The van der Waals surface area contributed by atoms with Gasteiger partial charge in [0.2, 0.25) is 5.91 Å². The number of carbonyl (C=O) groups is 1. The highest BCUT2D eigenvalue weighted by Gasteiger charge is 2.08. The smallest absolute Gasteiger partial charge is 0.234 e. The van der Waals surface area contributed by atoms with Gasteiger partial charge >= 0.3 is 0 Å². The van der Waals surface area contributed by atoms with Crippen molar-refractivity contribution in [2.75, 3.05) is 20.1 Å². The zero-order chi connectivity index (χ0) is 16.7. The van der Waals surface area contributed by atoms with Crippen LogP contribution < -0.4 is 5.32 Å². The number of likely N-dealkylation sites (N-methyl/N-ethyl adjacent to an activating group) is 1. The molecule has 0 aliphatic rings. The molecule has 0 aliphatic heterocycles. The summed E-state index contributed by atoms with van der Waals surface area (Å²) in [5.41, 5.74) is 3.63. The number of hydrogen-bond donors (Lipinski definition) is 1. The Bertz CT molecular complexity index is 657. The third kappa shape index (κ3) is 6.05. The van der Waals surface area contributed by atoms with E-state index < -0.39 is 0 Å². The molecule has 2 rings (SSSR count). The molecule has 122 valence electrons. The lowest BCUT2D eigenvalue weighted by atomic mass is 10.1. The first kappa shape index (κ1) is 17.5. The van der Waals surface area contributed by atoms with Crippen molar-refractivity contribution in [1.29, 1.82) is 0 Å². The van der Waals surface area contributed by atoms with Crippen LogP contribution in [-0.2, 0) is 17.8 Å². The van der Waals surface area contributed by atoms with Crippen molar-refractivity contribution in [2.45, 2.75) is 19.9 Å². The Morgan fingerprint density at radius 1 is 1.17 bits per heavy atom. The molecule has 2 aromatic rings. The molecule has 0 aromatic heterocycles. The molecule has 0 bridgehead atoms. The first-order chi connectivity index (χ1) is 11.0. The maximum Gasteiger partial charge on any atom is 0.234 e. The number of amides is 1. The average Bonchev–Trinajstić information content (AvgIpc) is 2.49. The van der Waals surface area contributed by atoms with Crippen molar-refractivity contribution in [3.05, 3.63) is 70.2 Å². The summed E-state index contributed by atoms with van der Waals surface area (Å²) in [5, 5.41) is 3.69. The first-order valence-electron chi connectivity index (χ1n) is 7.79. The number of hydrogen-bond acceptors (Lipinski definition) is 2. The minimum absolute atomic E-state index is 0.0445. The molecule has 0 aliphatic carbocycles. The molecular formula is C19H23ClN2O. The molecule has 2 aromatic carbocycles. The summed E-state index contributed by atoms with van der Waals surface area (Å²) in [6, 6.07) is 16.0. The van der Waals surface area contributed by atoms with Crippen molar-refractivity contribution in [1.82, 2.24) is 10.2 Å². The molecule has 0 fully saturated rings. The van der Waals surface area contributed by atoms with E-state index in [0.29, 0.717) is 13.1 Å². The molecule has 4 heteroatoms. The van der Waals surface area contributed by atoms with Crippen LogP contribution in [-0.4, -0.2) is 30.9 Å². The molecule has 3 nitrogen and oxygen atoms in total. The number of rotatable bonds is 7. The van der Waals surface area contributed by atoms with Crippen molar-refractivity contribution < 1.29 is 4.79 Å². The average molecular weight is 331 g/mol. The summed E-state index contributed by atoms with van der Waals surface area (Å²) in [5.74, 6) is 0.0445. The van der Waals surface area contributed by atoms with Gasteiger partial charge in [0.05, 0.1) is 6.54 Å². The zero-order valence-corrected chi connectivity index (χ0v) is 14.4. The Morgan fingerprint density at radius 2 is 1.96 bits per heavy atom. The number of benzene rings is 2. The maximum atomic E-state index is 12.0. The fraction of sp³-hybridized carbons (Fsp3) is 0.316. The van der Waals surface area contributed by atoms with E-state index in [9.17, 15) is 4.79 Å². The van der Waals surface area contributed by atoms with Gasteiger partial charge in [-0.25, -0.2) is 0 Å². The van der Waals surface area contributed by atoms with Crippen molar-refractivity contribution >= 4 is 17.5 Å². The lowest BCUT2D eigenvalue weighted by Gasteiger charge is -2.17. The second kappa shape index (κ2) is 8.70. The molecule has 0 unspecified atom stereocenters. The van der Waals surface area contributed by atoms with Crippen LogP contribution in [0.2, 0.25) is 5.02 Å². The van der Waals surface area contributed by atoms with Crippen LogP contribution >= 0.6 is 11.6 Å². The fourth-order valence-corrected chi connectivity index (χ4v) is 2.69. The van der Waals surface area contributed by atoms with E-state index in [2.05, 4.69) is 24.4 Å². The number of halogens is 1. The lowest BCUT2D eigenvalue weighted by molar-refractivity contribution is -0.122. The highest BCUT2D eigenvalue weighted by atomic mass is 35.5. The highest BCUT2D eigenvalue weighted by Crippen LogP contribution is 2.11. The highest BCUT2D eigenvalue weighted by molar-refractivity contribution is 6.30. The van der Waals surface area contributed by atoms with E-state index in [0.717, 1.165) is 23.6 Å². The molecule has 0 saturated heterocycles. The quantitative estimate of drug-likeness (QED) is 0.843. The predicted octanol–water partition coefficient (Wildman–Crippen LogP) is 3.44.